The van der Waals surface area contributed by atoms with Crippen molar-refractivity contribution in [3.63, 3.8) is 0 Å². The highest BCUT2D eigenvalue weighted by Gasteiger charge is 2.40. The summed E-state index contributed by atoms with van der Waals surface area (Å²) < 4.78 is 5.50. The van der Waals surface area contributed by atoms with Crippen molar-refractivity contribution in [3.05, 3.63) is 34.9 Å². The number of likely N-dealkylation sites (N-methyl/N-ethyl adjacent to an activating group) is 1. The van der Waals surface area contributed by atoms with Crippen LogP contribution in [0.1, 0.15) is 44.4 Å². The minimum absolute atomic E-state index is 0.191. The van der Waals surface area contributed by atoms with Gasteiger partial charge in [0.25, 0.3) is 0 Å². The standard InChI is InChI=1S/C17H27NO/c1-6-18-10-17(11-19-12-17)15-8-7-14(9-13(15)2)16(3,4)5/h7-9,18H,6,10-12H2,1-5H3. The van der Waals surface area contributed by atoms with E-state index in [1.54, 1.807) is 0 Å². The van der Waals surface area contributed by atoms with Crippen LogP contribution in [-0.4, -0.2) is 26.3 Å². The first-order valence-electron chi connectivity index (χ1n) is 7.29. The van der Waals surface area contributed by atoms with Gasteiger partial charge in [-0.2, -0.15) is 0 Å². The van der Waals surface area contributed by atoms with E-state index >= 15 is 0 Å². The molecule has 0 aliphatic carbocycles. The van der Waals surface area contributed by atoms with Crippen LogP contribution < -0.4 is 5.32 Å². The van der Waals surface area contributed by atoms with Crippen molar-refractivity contribution < 1.29 is 4.74 Å². The molecule has 0 amide bonds. The Morgan fingerprint density at radius 3 is 2.37 bits per heavy atom. The summed E-state index contributed by atoms with van der Waals surface area (Å²) in [4.78, 5) is 0. The molecule has 1 saturated heterocycles. The van der Waals surface area contributed by atoms with E-state index in [1.807, 2.05) is 0 Å². The zero-order valence-electron chi connectivity index (χ0n) is 13.0. The van der Waals surface area contributed by atoms with E-state index in [4.69, 9.17) is 4.74 Å². The van der Waals surface area contributed by atoms with Gasteiger partial charge in [-0.3, -0.25) is 0 Å². The number of rotatable bonds is 4. The zero-order valence-corrected chi connectivity index (χ0v) is 13.0. The van der Waals surface area contributed by atoms with Crippen molar-refractivity contribution in [3.8, 4) is 0 Å². The molecule has 1 aromatic carbocycles. The molecule has 0 saturated carbocycles. The third kappa shape index (κ3) is 2.85. The first-order chi connectivity index (χ1) is 8.89. The Morgan fingerprint density at radius 2 is 1.95 bits per heavy atom. The first-order valence-corrected chi connectivity index (χ1v) is 7.29. The first kappa shape index (κ1) is 14.5. The van der Waals surface area contributed by atoms with Crippen LogP contribution in [0.2, 0.25) is 0 Å². The lowest BCUT2D eigenvalue weighted by Crippen LogP contribution is -2.53. The molecule has 1 aliphatic heterocycles. The van der Waals surface area contributed by atoms with E-state index in [9.17, 15) is 0 Å². The molecule has 1 aromatic rings. The summed E-state index contributed by atoms with van der Waals surface area (Å²) in [6, 6.07) is 6.95. The number of nitrogens with one attached hydrogen (secondary N) is 1. The number of ether oxygens (including phenoxy) is 1. The van der Waals surface area contributed by atoms with Crippen molar-refractivity contribution in [1.82, 2.24) is 5.32 Å². The molecule has 2 rings (SSSR count). The molecule has 106 valence electrons. The van der Waals surface area contributed by atoms with Crippen LogP contribution in [0.4, 0.5) is 0 Å². The van der Waals surface area contributed by atoms with Gasteiger partial charge in [0.2, 0.25) is 0 Å². The minimum atomic E-state index is 0.191. The molecular formula is C17H27NO. The average molecular weight is 261 g/mol. The van der Waals surface area contributed by atoms with Crippen molar-refractivity contribution in [1.29, 1.82) is 0 Å². The van der Waals surface area contributed by atoms with Crippen LogP contribution in [0.15, 0.2) is 18.2 Å². The van der Waals surface area contributed by atoms with Gasteiger partial charge < -0.3 is 10.1 Å². The summed E-state index contributed by atoms with van der Waals surface area (Å²) in [7, 11) is 0. The second-order valence-corrected chi connectivity index (χ2v) is 6.83. The molecule has 1 fully saturated rings. The Bertz CT molecular complexity index is 441. The highest BCUT2D eigenvalue weighted by atomic mass is 16.5. The average Bonchev–Trinajstić information content (AvgIpc) is 2.28. The monoisotopic (exact) mass is 261 g/mol. The lowest BCUT2D eigenvalue weighted by Gasteiger charge is -2.43. The summed E-state index contributed by atoms with van der Waals surface area (Å²) in [6.45, 7) is 14.9. The number of hydrogen-bond donors (Lipinski definition) is 1. The molecule has 0 atom stereocenters. The fourth-order valence-corrected chi connectivity index (χ4v) is 2.79. The predicted octanol–water partition coefficient (Wildman–Crippen LogP) is 3.17. The summed E-state index contributed by atoms with van der Waals surface area (Å²) in [5.74, 6) is 0. The molecule has 2 heteroatoms. The summed E-state index contributed by atoms with van der Waals surface area (Å²) >= 11 is 0. The Labute approximate surface area is 117 Å². The maximum Gasteiger partial charge on any atom is 0.0598 e. The Kier molecular flexibility index (Phi) is 4.03. The molecule has 1 N–H and O–H groups in total. The van der Waals surface area contributed by atoms with Crippen molar-refractivity contribution in [2.75, 3.05) is 26.3 Å². The fraction of sp³-hybridized carbons (Fsp3) is 0.647. The summed E-state index contributed by atoms with van der Waals surface area (Å²) in [5.41, 5.74) is 4.67. The van der Waals surface area contributed by atoms with Gasteiger partial charge in [-0.1, -0.05) is 45.9 Å². The molecule has 0 unspecified atom stereocenters. The molecule has 0 aromatic heterocycles. The predicted molar refractivity (Wildman–Crippen MR) is 80.9 cm³/mol. The van der Waals surface area contributed by atoms with Crippen molar-refractivity contribution in [2.45, 2.75) is 45.4 Å². The molecular weight excluding hydrogens is 234 g/mol. The molecule has 19 heavy (non-hydrogen) atoms. The van der Waals surface area contributed by atoms with Gasteiger partial charge in [-0.05, 0) is 35.6 Å². The molecule has 0 bridgehead atoms. The summed E-state index contributed by atoms with van der Waals surface area (Å²) in [5, 5.41) is 3.48. The lowest BCUT2D eigenvalue weighted by atomic mass is 9.74. The van der Waals surface area contributed by atoms with Gasteiger partial charge in [0.05, 0.1) is 18.6 Å². The van der Waals surface area contributed by atoms with Crippen LogP contribution in [0.3, 0.4) is 0 Å². The van der Waals surface area contributed by atoms with Crippen LogP contribution in [0.5, 0.6) is 0 Å². The van der Waals surface area contributed by atoms with E-state index in [2.05, 4.69) is 58.1 Å². The van der Waals surface area contributed by atoms with Crippen LogP contribution in [-0.2, 0) is 15.6 Å². The van der Waals surface area contributed by atoms with E-state index in [0.29, 0.717) is 0 Å². The van der Waals surface area contributed by atoms with Gasteiger partial charge in [0.1, 0.15) is 0 Å². The minimum Gasteiger partial charge on any atom is -0.379 e. The van der Waals surface area contributed by atoms with Gasteiger partial charge >= 0.3 is 0 Å². The van der Waals surface area contributed by atoms with E-state index < -0.39 is 0 Å². The Morgan fingerprint density at radius 1 is 1.26 bits per heavy atom. The Balaban J connectivity index is 2.29. The largest absolute Gasteiger partial charge is 0.379 e. The van der Waals surface area contributed by atoms with Gasteiger partial charge in [0.15, 0.2) is 0 Å². The Hall–Kier alpha value is -0.860. The summed E-state index contributed by atoms with van der Waals surface area (Å²) in [6.07, 6.45) is 0. The van der Waals surface area contributed by atoms with Crippen molar-refractivity contribution in [2.24, 2.45) is 0 Å². The molecule has 0 spiro atoms. The fourth-order valence-electron chi connectivity index (χ4n) is 2.79. The lowest BCUT2D eigenvalue weighted by molar-refractivity contribution is -0.0591. The van der Waals surface area contributed by atoms with Gasteiger partial charge in [-0.25, -0.2) is 0 Å². The molecule has 1 aliphatic rings. The van der Waals surface area contributed by atoms with Crippen LogP contribution >= 0.6 is 0 Å². The zero-order chi connectivity index (χ0) is 14.1. The van der Waals surface area contributed by atoms with Gasteiger partial charge in [0, 0.05) is 6.54 Å². The van der Waals surface area contributed by atoms with Crippen LogP contribution in [0.25, 0.3) is 0 Å². The molecule has 1 heterocycles. The third-order valence-corrected chi connectivity index (χ3v) is 4.13. The topological polar surface area (TPSA) is 21.3 Å². The number of benzene rings is 1. The quantitative estimate of drug-likeness (QED) is 0.899. The maximum atomic E-state index is 5.50. The number of hydrogen-bond acceptors (Lipinski definition) is 2. The highest BCUT2D eigenvalue weighted by molar-refractivity contribution is 5.40. The smallest absolute Gasteiger partial charge is 0.0598 e. The van der Waals surface area contributed by atoms with Crippen LogP contribution in [0, 0.1) is 6.92 Å². The van der Waals surface area contributed by atoms with E-state index in [1.165, 1.54) is 16.7 Å². The molecule has 0 radical (unpaired) electrons. The highest BCUT2D eigenvalue weighted by Crippen LogP contribution is 2.35. The SMILES string of the molecule is CCNCC1(c2ccc(C(C)(C)C)cc2C)COC1. The normalized spacial score (nSPS) is 18.2. The van der Waals surface area contributed by atoms with E-state index in [0.717, 1.165) is 26.3 Å². The second-order valence-electron chi connectivity index (χ2n) is 6.83. The third-order valence-electron chi connectivity index (χ3n) is 4.13. The maximum absolute atomic E-state index is 5.50. The molecule has 2 nitrogen and oxygen atoms in total. The van der Waals surface area contributed by atoms with Crippen molar-refractivity contribution >= 4 is 0 Å². The van der Waals surface area contributed by atoms with E-state index in [-0.39, 0.29) is 10.8 Å². The second kappa shape index (κ2) is 5.26. The number of aryl methyl sites for hydroxylation is 1. The van der Waals surface area contributed by atoms with Gasteiger partial charge in [-0.15, -0.1) is 0 Å².